The van der Waals surface area contributed by atoms with E-state index in [2.05, 4.69) is 43.3 Å². The van der Waals surface area contributed by atoms with Gasteiger partial charge in [0.15, 0.2) is 0 Å². The van der Waals surface area contributed by atoms with E-state index in [-0.39, 0.29) is 6.10 Å². The van der Waals surface area contributed by atoms with Crippen molar-refractivity contribution in [2.45, 2.75) is 13.0 Å². The van der Waals surface area contributed by atoms with Crippen LogP contribution >= 0.6 is 0 Å². The van der Waals surface area contributed by atoms with Crippen molar-refractivity contribution in [2.75, 3.05) is 0 Å². The minimum atomic E-state index is -0.0879. The number of benzene rings is 3. The number of hydrogen-bond acceptors (Lipinski definition) is 1. The quantitative estimate of drug-likeness (QED) is 0.638. The standard InChI is InChI=1S/C20H18O/c1-16-12-14-19(15-13-16)21-20(17-8-4-2-5-9-17)18-10-6-3-7-11-18/h2-15,20H,1H3. The fourth-order valence-electron chi connectivity index (χ4n) is 2.34. The molecule has 0 bridgehead atoms. The molecule has 0 saturated heterocycles. The molecule has 0 aliphatic carbocycles. The van der Waals surface area contributed by atoms with Crippen LogP contribution in [0.5, 0.6) is 5.75 Å². The maximum Gasteiger partial charge on any atom is 0.149 e. The van der Waals surface area contributed by atoms with Gasteiger partial charge in [0, 0.05) is 0 Å². The minimum Gasteiger partial charge on any atom is -0.481 e. The van der Waals surface area contributed by atoms with Gasteiger partial charge in [-0.05, 0) is 30.2 Å². The predicted octanol–water partition coefficient (Wildman–Crippen LogP) is 5.16. The summed E-state index contributed by atoms with van der Waals surface area (Å²) in [5, 5.41) is 0. The Bertz CT molecular complexity index is 633. The Morgan fingerprint density at radius 2 is 1.10 bits per heavy atom. The fraction of sp³-hybridized carbons (Fsp3) is 0.100. The third kappa shape index (κ3) is 3.32. The van der Waals surface area contributed by atoms with Crippen LogP contribution in [-0.2, 0) is 0 Å². The van der Waals surface area contributed by atoms with E-state index in [1.54, 1.807) is 0 Å². The second-order valence-electron chi connectivity index (χ2n) is 5.13. The van der Waals surface area contributed by atoms with Crippen LogP contribution in [0.25, 0.3) is 0 Å². The van der Waals surface area contributed by atoms with Crippen LogP contribution in [0.3, 0.4) is 0 Å². The lowest BCUT2D eigenvalue weighted by atomic mass is 10.0. The van der Waals surface area contributed by atoms with E-state index in [9.17, 15) is 0 Å². The van der Waals surface area contributed by atoms with Crippen molar-refractivity contribution in [1.82, 2.24) is 0 Å². The Morgan fingerprint density at radius 3 is 1.57 bits per heavy atom. The lowest BCUT2D eigenvalue weighted by Crippen LogP contribution is -2.09. The monoisotopic (exact) mass is 274 g/mol. The van der Waals surface area contributed by atoms with E-state index in [0.29, 0.717) is 0 Å². The molecule has 1 heteroatoms. The maximum absolute atomic E-state index is 6.24. The highest BCUT2D eigenvalue weighted by molar-refractivity contribution is 5.33. The molecule has 0 aliphatic heterocycles. The normalized spacial score (nSPS) is 10.6. The molecule has 0 atom stereocenters. The van der Waals surface area contributed by atoms with Crippen molar-refractivity contribution in [3.05, 3.63) is 102 Å². The highest BCUT2D eigenvalue weighted by Gasteiger charge is 2.15. The molecule has 21 heavy (non-hydrogen) atoms. The van der Waals surface area contributed by atoms with E-state index in [1.807, 2.05) is 48.5 Å². The Labute approximate surface area is 125 Å². The van der Waals surface area contributed by atoms with E-state index >= 15 is 0 Å². The first-order valence-corrected chi connectivity index (χ1v) is 7.16. The number of rotatable bonds is 4. The minimum absolute atomic E-state index is 0.0879. The largest absolute Gasteiger partial charge is 0.481 e. The zero-order chi connectivity index (χ0) is 14.5. The first-order valence-electron chi connectivity index (χ1n) is 7.16. The van der Waals surface area contributed by atoms with Gasteiger partial charge in [-0.25, -0.2) is 0 Å². The second-order valence-corrected chi connectivity index (χ2v) is 5.13. The van der Waals surface area contributed by atoms with Crippen molar-refractivity contribution >= 4 is 0 Å². The molecule has 0 aromatic heterocycles. The Hall–Kier alpha value is -2.54. The van der Waals surface area contributed by atoms with E-state index < -0.39 is 0 Å². The van der Waals surface area contributed by atoms with Crippen molar-refractivity contribution in [3.8, 4) is 5.75 Å². The van der Waals surface area contributed by atoms with Gasteiger partial charge in [0.05, 0.1) is 0 Å². The molecular weight excluding hydrogens is 256 g/mol. The molecule has 0 fully saturated rings. The van der Waals surface area contributed by atoms with Crippen LogP contribution in [0.15, 0.2) is 84.9 Å². The summed E-state index contributed by atoms with van der Waals surface area (Å²) in [6.45, 7) is 2.08. The summed E-state index contributed by atoms with van der Waals surface area (Å²) < 4.78 is 6.24. The molecule has 0 N–H and O–H groups in total. The lowest BCUT2D eigenvalue weighted by molar-refractivity contribution is 0.247. The summed E-state index contributed by atoms with van der Waals surface area (Å²) in [6.07, 6.45) is -0.0879. The van der Waals surface area contributed by atoms with E-state index in [1.165, 1.54) is 5.56 Å². The summed E-state index contributed by atoms with van der Waals surface area (Å²) in [4.78, 5) is 0. The predicted molar refractivity (Wildman–Crippen MR) is 86.5 cm³/mol. The van der Waals surface area contributed by atoms with Gasteiger partial charge in [0.1, 0.15) is 11.9 Å². The van der Waals surface area contributed by atoms with E-state index in [4.69, 9.17) is 4.74 Å². The Morgan fingerprint density at radius 1 is 0.619 bits per heavy atom. The highest BCUT2D eigenvalue weighted by atomic mass is 16.5. The first-order chi connectivity index (χ1) is 10.3. The van der Waals surface area contributed by atoms with Crippen molar-refractivity contribution < 1.29 is 4.74 Å². The molecule has 104 valence electrons. The van der Waals surface area contributed by atoms with Crippen LogP contribution in [0.1, 0.15) is 22.8 Å². The van der Waals surface area contributed by atoms with E-state index in [0.717, 1.165) is 16.9 Å². The Balaban J connectivity index is 1.95. The SMILES string of the molecule is Cc1ccc(OC(c2ccccc2)c2ccccc2)cc1. The number of aryl methyl sites for hydroxylation is 1. The molecule has 3 aromatic carbocycles. The Kier molecular flexibility index (Phi) is 4.02. The van der Waals surface area contributed by atoms with Crippen LogP contribution < -0.4 is 4.74 Å². The molecule has 0 amide bonds. The van der Waals surface area contributed by atoms with Gasteiger partial charge >= 0.3 is 0 Å². The molecule has 0 heterocycles. The van der Waals surface area contributed by atoms with Gasteiger partial charge in [0.25, 0.3) is 0 Å². The van der Waals surface area contributed by atoms with Crippen LogP contribution in [-0.4, -0.2) is 0 Å². The summed E-state index contributed by atoms with van der Waals surface area (Å²) in [7, 11) is 0. The van der Waals surface area contributed by atoms with Crippen LogP contribution in [0.4, 0.5) is 0 Å². The average molecular weight is 274 g/mol. The molecule has 3 aromatic rings. The zero-order valence-corrected chi connectivity index (χ0v) is 12.1. The molecule has 0 aliphatic rings. The fourth-order valence-corrected chi connectivity index (χ4v) is 2.34. The highest BCUT2D eigenvalue weighted by Crippen LogP contribution is 2.28. The van der Waals surface area contributed by atoms with Crippen LogP contribution in [0.2, 0.25) is 0 Å². The topological polar surface area (TPSA) is 9.23 Å². The molecule has 3 rings (SSSR count). The second kappa shape index (κ2) is 6.27. The summed E-state index contributed by atoms with van der Waals surface area (Å²) in [5.74, 6) is 0.887. The summed E-state index contributed by atoms with van der Waals surface area (Å²) in [5.41, 5.74) is 3.55. The summed E-state index contributed by atoms with van der Waals surface area (Å²) >= 11 is 0. The van der Waals surface area contributed by atoms with Crippen LogP contribution in [0, 0.1) is 6.92 Å². The molecular formula is C20H18O. The molecule has 1 nitrogen and oxygen atoms in total. The third-order valence-electron chi connectivity index (χ3n) is 3.48. The number of ether oxygens (including phenoxy) is 1. The van der Waals surface area contributed by atoms with Gasteiger partial charge in [-0.1, -0.05) is 78.4 Å². The summed E-state index contributed by atoms with van der Waals surface area (Å²) in [6, 6.07) is 28.8. The van der Waals surface area contributed by atoms with Crippen molar-refractivity contribution in [2.24, 2.45) is 0 Å². The average Bonchev–Trinajstić information content (AvgIpc) is 2.56. The van der Waals surface area contributed by atoms with Gasteiger partial charge in [-0.15, -0.1) is 0 Å². The zero-order valence-electron chi connectivity index (χ0n) is 12.1. The molecule has 0 saturated carbocycles. The van der Waals surface area contributed by atoms with Gasteiger partial charge in [-0.2, -0.15) is 0 Å². The number of hydrogen-bond donors (Lipinski definition) is 0. The van der Waals surface area contributed by atoms with Gasteiger partial charge < -0.3 is 4.74 Å². The molecule has 0 unspecified atom stereocenters. The molecule has 0 radical (unpaired) electrons. The smallest absolute Gasteiger partial charge is 0.149 e. The maximum atomic E-state index is 6.24. The lowest BCUT2D eigenvalue weighted by Gasteiger charge is -2.20. The third-order valence-corrected chi connectivity index (χ3v) is 3.48. The van der Waals surface area contributed by atoms with Crippen molar-refractivity contribution in [1.29, 1.82) is 0 Å². The molecule has 0 spiro atoms. The van der Waals surface area contributed by atoms with Gasteiger partial charge in [0.2, 0.25) is 0 Å². The first kappa shape index (κ1) is 13.4. The van der Waals surface area contributed by atoms with Gasteiger partial charge in [-0.3, -0.25) is 0 Å². The van der Waals surface area contributed by atoms with Crippen molar-refractivity contribution in [3.63, 3.8) is 0 Å².